The predicted molar refractivity (Wildman–Crippen MR) is 89.6 cm³/mol. The molecule has 5 heteroatoms. The molecule has 3 rings (SSSR count). The van der Waals surface area contributed by atoms with Gasteiger partial charge in [0.1, 0.15) is 5.78 Å². The molecule has 2 bridgehead atoms. The number of carbonyl (C=O) groups excluding carboxylic acids is 3. The highest BCUT2D eigenvalue weighted by molar-refractivity contribution is 6.07. The second-order valence-corrected chi connectivity index (χ2v) is 7.63. The Morgan fingerprint density at radius 3 is 2.33 bits per heavy atom. The lowest BCUT2D eigenvalue weighted by molar-refractivity contribution is -0.131. The minimum Gasteiger partial charge on any atom is -0.465 e. The highest BCUT2D eigenvalue weighted by Crippen LogP contribution is 2.70. The smallest absolute Gasteiger partial charge is 0.339 e. The van der Waals surface area contributed by atoms with Gasteiger partial charge in [-0.25, -0.2) is 4.79 Å². The largest absolute Gasteiger partial charge is 0.465 e. The van der Waals surface area contributed by atoms with Crippen molar-refractivity contribution in [2.24, 2.45) is 16.2 Å². The minimum atomic E-state index is -0.720. The molecule has 0 aromatic heterocycles. The lowest BCUT2D eigenvalue weighted by Gasteiger charge is -2.38. The Morgan fingerprint density at radius 1 is 1.12 bits per heavy atom. The first-order valence-electron chi connectivity index (χ1n) is 8.22. The minimum absolute atomic E-state index is 0.162. The molecule has 2 aliphatic rings. The summed E-state index contributed by atoms with van der Waals surface area (Å²) in [5.41, 5.74) is -0.851. The molecule has 2 saturated carbocycles. The fourth-order valence-electron chi connectivity index (χ4n) is 4.48. The summed E-state index contributed by atoms with van der Waals surface area (Å²) >= 11 is 0. The van der Waals surface area contributed by atoms with E-state index in [4.69, 9.17) is 4.74 Å². The first kappa shape index (κ1) is 16.7. The van der Waals surface area contributed by atoms with Crippen LogP contribution < -0.4 is 5.32 Å². The van der Waals surface area contributed by atoms with E-state index in [0.717, 1.165) is 6.42 Å². The Hall–Kier alpha value is -2.17. The maximum atomic E-state index is 13.1. The molecule has 128 valence electrons. The number of hydrogen-bond acceptors (Lipinski definition) is 4. The van der Waals surface area contributed by atoms with E-state index in [1.54, 1.807) is 24.3 Å². The van der Waals surface area contributed by atoms with E-state index >= 15 is 0 Å². The fourth-order valence-corrected chi connectivity index (χ4v) is 4.48. The Kier molecular flexibility index (Phi) is 3.59. The monoisotopic (exact) mass is 329 g/mol. The zero-order chi connectivity index (χ0) is 17.8. The van der Waals surface area contributed by atoms with E-state index in [-0.39, 0.29) is 18.1 Å². The Balaban J connectivity index is 1.95. The average molecular weight is 329 g/mol. The number of ketones is 1. The van der Waals surface area contributed by atoms with Gasteiger partial charge in [-0.3, -0.25) is 9.59 Å². The van der Waals surface area contributed by atoms with Gasteiger partial charge in [-0.05, 0) is 30.4 Å². The summed E-state index contributed by atoms with van der Waals surface area (Å²) in [5, 5.41) is 2.89. The lowest BCUT2D eigenvalue weighted by atomic mass is 9.64. The summed E-state index contributed by atoms with van der Waals surface area (Å²) in [5.74, 6) is -0.519. The topological polar surface area (TPSA) is 72.5 Å². The molecule has 1 amide bonds. The number of hydrogen-bond donors (Lipinski definition) is 1. The van der Waals surface area contributed by atoms with Gasteiger partial charge in [0.25, 0.3) is 0 Å². The number of nitrogens with one attached hydrogen (secondary N) is 1. The number of ether oxygens (including phenoxy) is 1. The van der Waals surface area contributed by atoms with E-state index in [9.17, 15) is 14.4 Å². The number of Topliss-reactive ketones (excluding diaryl/α,β-unsaturated/α-hetero) is 1. The number of rotatable bonds is 3. The normalized spacial score (nSPS) is 30.2. The zero-order valence-corrected chi connectivity index (χ0v) is 14.6. The number of fused-ring (bicyclic) bond motifs is 2. The van der Waals surface area contributed by atoms with Crippen molar-refractivity contribution in [3.05, 3.63) is 29.8 Å². The molecular weight excluding hydrogens is 306 g/mol. The number of methoxy groups -OCH3 is 1. The predicted octanol–water partition coefficient (Wildman–Crippen LogP) is 3.20. The summed E-state index contributed by atoms with van der Waals surface area (Å²) in [6.45, 7) is 5.99. The standard InChI is InChI=1S/C19H23NO4/c1-17(2)18(3)9-10-19(17,11-14(18)21)16(23)20-13-8-6-5-7-12(13)15(22)24-4/h5-8H,9-11H2,1-4H3,(H,20,23). The number of amides is 1. The van der Waals surface area contributed by atoms with Crippen molar-refractivity contribution in [1.29, 1.82) is 0 Å². The molecule has 0 saturated heterocycles. The SMILES string of the molecule is COC(=O)c1ccccc1NC(=O)C12CCC(C)(C(=O)C1)C2(C)C. The number of benzene rings is 1. The van der Waals surface area contributed by atoms with Gasteiger partial charge in [0, 0.05) is 11.8 Å². The third kappa shape index (κ3) is 1.90. The van der Waals surface area contributed by atoms with E-state index in [1.807, 2.05) is 20.8 Å². The molecular formula is C19H23NO4. The van der Waals surface area contributed by atoms with E-state index in [2.05, 4.69) is 5.32 Å². The van der Waals surface area contributed by atoms with Crippen LogP contribution in [0.1, 0.15) is 50.4 Å². The van der Waals surface area contributed by atoms with Crippen molar-refractivity contribution in [3.63, 3.8) is 0 Å². The molecule has 1 N–H and O–H groups in total. The molecule has 0 spiro atoms. The molecule has 5 nitrogen and oxygen atoms in total. The molecule has 24 heavy (non-hydrogen) atoms. The quantitative estimate of drug-likeness (QED) is 0.864. The van der Waals surface area contributed by atoms with Gasteiger partial charge in [0.05, 0.1) is 23.8 Å². The van der Waals surface area contributed by atoms with Gasteiger partial charge in [0.2, 0.25) is 5.91 Å². The molecule has 0 heterocycles. The van der Waals surface area contributed by atoms with Crippen molar-refractivity contribution in [1.82, 2.24) is 0 Å². The summed E-state index contributed by atoms with van der Waals surface area (Å²) in [4.78, 5) is 37.5. The van der Waals surface area contributed by atoms with Crippen molar-refractivity contribution in [2.75, 3.05) is 12.4 Å². The number of esters is 1. The molecule has 2 unspecified atom stereocenters. The summed E-state index contributed by atoms with van der Waals surface area (Å²) in [7, 11) is 1.31. The first-order valence-corrected chi connectivity index (χ1v) is 8.22. The average Bonchev–Trinajstić information content (AvgIpc) is 2.85. The van der Waals surface area contributed by atoms with Crippen LogP contribution in [0.25, 0.3) is 0 Å². The molecule has 2 fully saturated rings. The van der Waals surface area contributed by atoms with Crippen molar-refractivity contribution >= 4 is 23.3 Å². The van der Waals surface area contributed by atoms with Crippen LogP contribution in [-0.2, 0) is 14.3 Å². The molecule has 2 atom stereocenters. The van der Waals surface area contributed by atoms with Crippen molar-refractivity contribution < 1.29 is 19.1 Å². The van der Waals surface area contributed by atoms with Gasteiger partial charge in [-0.15, -0.1) is 0 Å². The Morgan fingerprint density at radius 2 is 1.79 bits per heavy atom. The van der Waals surface area contributed by atoms with Gasteiger partial charge in [0.15, 0.2) is 0 Å². The van der Waals surface area contributed by atoms with Gasteiger partial charge >= 0.3 is 5.97 Å². The maximum Gasteiger partial charge on any atom is 0.339 e. The second-order valence-electron chi connectivity index (χ2n) is 7.63. The van der Waals surface area contributed by atoms with Gasteiger partial charge in [-0.2, -0.15) is 0 Å². The Labute approximate surface area is 141 Å². The summed E-state index contributed by atoms with van der Waals surface area (Å²) < 4.78 is 4.77. The molecule has 0 radical (unpaired) electrons. The van der Waals surface area contributed by atoms with Crippen LogP contribution in [0.5, 0.6) is 0 Å². The van der Waals surface area contributed by atoms with E-state index in [1.165, 1.54) is 7.11 Å². The van der Waals surface area contributed by atoms with Crippen LogP contribution in [0.15, 0.2) is 24.3 Å². The summed E-state index contributed by atoms with van der Waals surface area (Å²) in [6, 6.07) is 6.76. The second kappa shape index (κ2) is 5.16. The van der Waals surface area contributed by atoms with Crippen LogP contribution in [0.4, 0.5) is 5.69 Å². The summed E-state index contributed by atoms with van der Waals surface area (Å²) in [6.07, 6.45) is 1.68. The van der Waals surface area contributed by atoms with Crippen LogP contribution in [0, 0.1) is 16.2 Å². The third-order valence-corrected chi connectivity index (χ3v) is 6.72. The molecule has 1 aromatic rings. The van der Waals surface area contributed by atoms with Crippen molar-refractivity contribution in [3.8, 4) is 0 Å². The van der Waals surface area contributed by atoms with Gasteiger partial charge in [-0.1, -0.05) is 32.9 Å². The van der Waals surface area contributed by atoms with Crippen LogP contribution in [0.2, 0.25) is 0 Å². The first-order chi connectivity index (χ1) is 11.2. The van der Waals surface area contributed by atoms with Crippen molar-refractivity contribution in [2.45, 2.75) is 40.0 Å². The fraction of sp³-hybridized carbons (Fsp3) is 0.526. The number of anilines is 1. The molecule has 0 aliphatic heterocycles. The Bertz CT molecular complexity index is 739. The highest BCUT2D eigenvalue weighted by atomic mass is 16.5. The molecule has 2 aliphatic carbocycles. The van der Waals surface area contributed by atoms with E-state index < -0.39 is 22.2 Å². The number of carbonyl (C=O) groups is 3. The lowest BCUT2D eigenvalue weighted by Crippen LogP contribution is -2.43. The third-order valence-electron chi connectivity index (χ3n) is 6.72. The zero-order valence-electron chi connectivity index (χ0n) is 14.6. The number of para-hydroxylation sites is 1. The maximum absolute atomic E-state index is 13.1. The van der Waals surface area contributed by atoms with Gasteiger partial charge < -0.3 is 10.1 Å². The van der Waals surface area contributed by atoms with Crippen LogP contribution in [-0.4, -0.2) is 24.8 Å². The highest BCUT2D eigenvalue weighted by Gasteiger charge is 2.72. The van der Waals surface area contributed by atoms with Crippen LogP contribution in [0.3, 0.4) is 0 Å². The van der Waals surface area contributed by atoms with E-state index in [0.29, 0.717) is 17.7 Å². The molecule has 1 aromatic carbocycles. The van der Waals surface area contributed by atoms with Crippen LogP contribution >= 0.6 is 0 Å².